The molecule has 1 fully saturated rings. The highest BCUT2D eigenvalue weighted by molar-refractivity contribution is 5.83. The molecule has 1 saturated carbocycles. The van der Waals surface area contributed by atoms with Gasteiger partial charge in [0.1, 0.15) is 0 Å². The molecule has 3 rings (SSSR count). The first-order chi connectivity index (χ1) is 8.19. The van der Waals surface area contributed by atoms with E-state index < -0.39 is 0 Å². The van der Waals surface area contributed by atoms with Crippen LogP contribution in [0.15, 0.2) is 30.5 Å². The molecule has 4 N–H and O–H groups in total. The third kappa shape index (κ3) is 1.75. The molecule has 1 aromatic heterocycles. The van der Waals surface area contributed by atoms with Crippen molar-refractivity contribution >= 4 is 10.9 Å². The van der Waals surface area contributed by atoms with E-state index in [4.69, 9.17) is 5.73 Å². The highest BCUT2D eigenvalue weighted by Gasteiger charge is 2.33. The average Bonchev–Trinajstić information content (AvgIpc) is 2.81. The van der Waals surface area contributed by atoms with Gasteiger partial charge in [-0.05, 0) is 42.7 Å². The van der Waals surface area contributed by atoms with Gasteiger partial charge in [-0.1, -0.05) is 18.2 Å². The number of benzene rings is 1. The van der Waals surface area contributed by atoms with Crippen LogP contribution in [0.4, 0.5) is 0 Å². The second-order valence-electron chi connectivity index (χ2n) is 5.13. The van der Waals surface area contributed by atoms with Gasteiger partial charge in [-0.3, -0.25) is 0 Å². The van der Waals surface area contributed by atoms with Crippen LogP contribution < -0.4 is 5.73 Å². The van der Waals surface area contributed by atoms with Crippen LogP contribution in [0.1, 0.15) is 31.2 Å². The SMILES string of the molecule is NC1(c2cccc3cc[nH]c23)CCC(O)CC1. The van der Waals surface area contributed by atoms with E-state index in [1.54, 1.807) is 0 Å². The van der Waals surface area contributed by atoms with Crippen LogP contribution in [0, 0.1) is 0 Å². The molecule has 90 valence electrons. The number of H-pyrrole nitrogens is 1. The van der Waals surface area contributed by atoms with Gasteiger partial charge in [0.2, 0.25) is 0 Å². The third-order valence-corrected chi connectivity index (χ3v) is 3.97. The number of fused-ring (bicyclic) bond motifs is 1. The van der Waals surface area contributed by atoms with Crippen molar-refractivity contribution in [3.05, 3.63) is 36.0 Å². The van der Waals surface area contributed by atoms with E-state index in [2.05, 4.69) is 29.2 Å². The maximum Gasteiger partial charge on any atom is 0.0541 e. The van der Waals surface area contributed by atoms with Crippen LogP contribution in [-0.2, 0) is 5.54 Å². The fourth-order valence-corrected chi connectivity index (χ4v) is 2.89. The first kappa shape index (κ1) is 10.8. The van der Waals surface area contributed by atoms with E-state index in [1.165, 1.54) is 10.9 Å². The molecule has 3 heteroatoms. The van der Waals surface area contributed by atoms with Crippen molar-refractivity contribution in [2.45, 2.75) is 37.3 Å². The highest BCUT2D eigenvalue weighted by atomic mass is 16.3. The van der Waals surface area contributed by atoms with Crippen molar-refractivity contribution in [2.24, 2.45) is 5.73 Å². The summed E-state index contributed by atoms with van der Waals surface area (Å²) in [6.45, 7) is 0. The molecule has 2 aromatic rings. The lowest BCUT2D eigenvalue weighted by atomic mass is 9.76. The van der Waals surface area contributed by atoms with Crippen LogP contribution in [0.3, 0.4) is 0 Å². The third-order valence-electron chi connectivity index (χ3n) is 3.97. The minimum Gasteiger partial charge on any atom is -0.393 e. The predicted octanol–water partition coefficient (Wildman–Crippen LogP) is 2.26. The van der Waals surface area contributed by atoms with E-state index in [0.29, 0.717) is 0 Å². The standard InChI is InChI=1S/C14H18N2O/c15-14(7-4-11(17)5-8-14)12-3-1-2-10-6-9-16-13(10)12/h1-3,6,9,11,16-17H,4-5,7-8,15H2. The van der Waals surface area contributed by atoms with Gasteiger partial charge >= 0.3 is 0 Å². The lowest BCUT2D eigenvalue weighted by Gasteiger charge is -2.36. The number of nitrogens with two attached hydrogens (primary N) is 1. The largest absolute Gasteiger partial charge is 0.393 e. The lowest BCUT2D eigenvalue weighted by Crippen LogP contribution is -2.41. The molecule has 0 amide bonds. The minimum atomic E-state index is -0.288. The zero-order valence-corrected chi connectivity index (χ0v) is 9.82. The number of rotatable bonds is 1. The van der Waals surface area contributed by atoms with E-state index >= 15 is 0 Å². The Labute approximate surface area is 101 Å². The highest BCUT2D eigenvalue weighted by Crippen LogP contribution is 2.37. The molecule has 1 heterocycles. The van der Waals surface area contributed by atoms with Crippen molar-refractivity contribution in [1.29, 1.82) is 0 Å². The number of aliphatic hydroxyl groups is 1. The van der Waals surface area contributed by atoms with Crippen molar-refractivity contribution in [2.75, 3.05) is 0 Å². The zero-order valence-electron chi connectivity index (χ0n) is 9.82. The molecule has 3 nitrogen and oxygen atoms in total. The Morgan fingerprint density at radius 2 is 2.00 bits per heavy atom. The molecule has 0 radical (unpaired) electrons. The summed E-state index contributed by atoms with van der Waals surface area (Å²) < 4.78 is 0. The summed E-state index contributed by atoms with van der Waals surface area (Å²) in [7, 11) is 0. The Bertz CT molecular complexity index is 524. The van der Waals surface area contributed by atoms with Crippen LogP contribution in [0.25, 0.3) is 10.9 Å². The fourth-order valence-electron chi connectivity index (χ4n) is 2.89. The Balaban J connectivity index is 2.05. The molecule has 1 aliphatic carbocycles. The first-order valence-electron chi connectivity index (χ1n) is 6.23. The number of aromatic nitrogens is 1. The summed E-state index contributed by atoms with van der Waals surface area (Å²) in [6.07, 6.45) is 5.09. The van der Waals surface area contributed by atoms with Gasteiger partial charge in [-0.25, -0.2) is 0 Å². The fraction of sp³-hybridized carbons (Fsp3) is 0.429. The Morgan fingerprint density at radius 3 is 2.76 bits per heavy atom. The van der Waals surface area contributed by atoms with Gasteiger partial charge < -0.3 is 15.8 Å². The van der Waals surface area contributed by atoms with Crippen LogP contribution in [-0.4, -0.2) is 16.2 Å². The summed E-state index contributed by atoms with van der Waals surface area (Å²) in [5.41, 5.74) is 8.58. The van der Waals surface area contributed by atoms with Gasteiger partial charge in [0.25, 0.3) is 0 Å². The Morgan fingerprint density at radius 1 is 1.24 bits per heavy atom. The molecule has 0 atom stereocenters. The van der Waals surface area contributed by atoms with E-state index in [1.807, 2.05) is 6.20 Å². The molecular weight excluding hydrogens is 212 g/mol. The summed E-state index contributed by atoms with van der Waals surface area (Å²) >= 11 is 0. The molecule has 17 heavy (non-hydrogen) atoms. The average molecular weight is 230 g/mol. The maximum absolute atomic E-state index is 9.60. The number of aromatic amines is 1. The Kier molecular flexibility index (Phi) is 2.45. The van der Waals surface area contributed by atoms with Crippen molar-refractivity contribution < 1.29 is 5.11 Å². The van der Waals surface area contributed by atoms with Crippen LogP contribution in [0.2, 0.25) is 0 Å². The maximum atomic E-state index is 9.60. The van der Waals surface area contributed by atoms with Crippen molar-refractivity contribution in [1.82, 2.24) is 4.98 Å². The van der Waals surface area contributed by atoms with Gasteiger partial charge in [0.15, 0.2) is 0 Å². The minimum absolute atomic E-state index is 0.172. The predicted molar refractivity (Wildman–Crippen MR) is 68.6 cm³/mol. The number of para-hydroxylation sites is 1. The van der Waals surface area contributed by atoms with Crippen LogP contribution >= 0.6 is 0 Å². The molecule has 0 bridgehead atoms. The number of nitrogens with one attached hydrogen (secondary N) is 1. The molecule has 0 aliphatic heterocycles. The lowest BCUT2D eigenvalue weighted by molar-refractivity contribution is 0.0973. The smallest absolute Gasteiger partial charge is 0.0541 e. The molecule has 0 unspecified atom stereocenters. The molecule has 1 aromatic carbocycles. The summed E-state index contributed by atoms with van der Waals surface area (Å²) in [4.78, 5) is 3.28. The van der Waals surface area contributed by atoms with E-state index in [-0.39, 0.29) is 11.6 Å². The van der Waals surface area contributed by atoms with Crippen molar-refractivity contribution in [3.63, 3.8) is 0 Å². The quantitative estimate of drug-likeness (QED) is 0.703. The second-order valence-corrected chi connectivity index (χ2v) is 5.13. The van der Waals surface area contributed by atoms with Crippen molar-refractivity contribution in [3.8, 4) is 0 Å². The summed E-state index contributed by atoms with van der Waals surface area (Å²) in [6, 6.07) is 8.33. The number of hydrogen-bond donors (Lipinski definition) is 3. The molecule has 0 saturated heterocycles. The van der Waals surface area contributed by atoms with E-state index in [9.17, 15) is 5.11 Å². The first-order valence-corrected chi connectivity index (χ1v) is 6.23. The Hall–Kier alpha value is -1.32. The van der Waals surface area contributed by atoms with Crippen LogP contribution in [0.5, 0.6) is 0 Å². The monoisotopic (exact) mass is 230 g/mol. The van der Waals surface area contributed by atoms with Gasteiger partial charge in [-0.2, -0.15) is 0 Å². The van der Waals surface area contributed by atoms with E-state index in [0.717, 1.165) is 31.2 Å². The van der Waals surface area contributed by atoms with Gasteiger partial charge in [0, 0.05) is 11.7 Å². The normalized spacial score (nSPS) is 29.6. The molecule has 0 spiro atoms. The molecule has 1 aliphatic rings. The summed E-state index contributed by atoms with van der Waals surface area (Å²) in [5, 5.41) is 10.8. The second kappa shape index (κ2) is 3.86. The topological polar surface area (TPSA) is 62.0 Å². The molecular formula is C14H18N2O. The zero-order chi connectivity index (χ0) is 11.9. The number of aliphatic hydroxyl groups excluding tert-OH is 1. The van der Waals surface area contributed by atoms with Gasteiger partial charge in [0.05, 0.1) is 11.6 Å². The summed E-state index contributed by atoms with van der Waals surface area (Å²) in [5.74, 6) is 0. The number of hydrogen-bond acceptors (Lipinski definition) is 2. The van der Waals surface area contributed by atoms with Gasteiger partial charge in [-0.15, -0.1) is 0 Å².